The summed E-state index contributed by atoms with van der Waals surface area (Å²) in [6, 6.07) is 54.7. The molecule has 0 N–H and O–H groups in total. The zero-order chi connectivity index (χ0) is 44.2. The summed E-state index contributed by atoms with van der Waals surface area (Å²) >= 11 is 0. The van der Waals surface area contributed by atoms with E-state index in [0.717, 1.165) is 93.2 Å². The summed E-state index contributed by atoms with van der Waals surface area (Å²) in [7, 11) is 0. The van der Waals surface area contributed by atoms with Crippen LogP contribution in [-0.4, -0.2) is 0 Å². The topological polar surface area (TPSA) is 13.1 Å². The maximum absolute atomic E-state index is 9.14. The Morgan fingerprint density at radius 2 is 1.03 bits per heavy atom. The Morgan fingerprint density at radius 1 is 0.379 bits per heavy atom. The second-order valence-electron chi connectivity index (χ2n) is 15.0. The molecule has 11 aromatic carbocycles. The normalized spacial score (nSPS) is 13.6. The smallest absolute Gasteiger partial charge is 0.136 e. The van der Waals surface area contributed by atoms with Crippen molar-refractivity contribution in [3.63, 3.8) is 0 Å². The highest BCUT2D eigenvalue weighted by Crippen LogP contribution is 2.45. The lowest BCUT2D eigenvalue weighted by Crippen LogP contribution is -1.96. The molecule has 0 saturated carbocycles. The minimum Gasteiger partial charge on any atom is -0.456 e. The Hall–Kier alpha value is -7.48. The SMILES string of the molecule is [2H]c1c([2H])c([2H])c2c(Cc3c4ccccc4c(-c4cc(-c5ccc6oc7cccc(-c8ccc9ccccc9c8)c7c6c5)c5ccccc5c4)c4ccccc34)c([2H])c([2H])c([2H])c2c1[2H]. The fraction of sp³-hybridized carbons (Fsp3) is 0.0175. The van der Waals surface area contributed by atoms with E-state index in [0.29, 0.717) is 5.56 Å². The maximum atomic E-state index is 9.14. The number of hydrogen-bond donors (Lipinski definition) is 0. The average Bonchev–Trinajstić information content (AvgIpc) is 3.73. The van der Waals surface area contributed by atoms with Crippen LogP contribution in [0.3, 0.4) is 0 Å². The van der Waals surface area contributed by atoms with E-state index >= 15 is 0 Å². The molecule has 1 heteroatoms. The Balaban J connectivity index is 1.08. The molecule has 0 spiro atoms. The van der Waals surface area contributed by atoms with Gasteiger partial charge in [0.1, 0.15) is 11.2 Å². The second kappa shape index (κ2) is 13.0. The van der Waals surface area contributed by atoms with E-state index in [1.807, 2.05) is 30.3 Å². The zero-order valence-corrected chi connectivity index (χ0v) is 31.2. The average molecular weight is 744 g/mol. The van der Waals surface area contributed by atoms with E-state index in [9.17, 15) is 0 Å². The van der Waals surface area contributed by atoms with Crippen molar-refractivity contribution in [3.8, 4) is 33.4 Å². The van der Waals surface area contributed by atoms with Crippen molar-refractivity contribution >= 4 is 75.8 Å². The van der Waals surface area contributed by atoms with Crippen molar-refractivity contribution in [2.24, 2.45) is 0 Å². The van der Waals surface area contributed by atoms with Gasteiger partial charge in [0.2, 0.25) is 0 Å². The van der Waals surface area contributed by atoms with Crippen LogP contribution >= 0.6 is 0 Å². The molecule has 1 nitrogen and oxygen atoms in total. The Labute approximate surface area is 345 Å². The van der Waals surface area contributed by atoms with Gasteiger partial charge in [0.05, 0.1) is 9.60 Å². The molecular weight excluding hydrogens is 701 g/mol. The Bertz CT molecular complexity index is 3950. The number of fused-ring (bicyclic) bond motifs is 8. The Morgan fingerprint density at radius 3 is 1.86 bits per heavy atom. The van der Waals surface area contributed by atoms with Crippen LogP contribution < -0.4 is 0 Å². The summed E-state index contributed by atoms with van der Waals surface area (Å²) in [4.78, 5) is 0. The van der Waals surface area contributed by atoms with Crippen molar-refractivity contribution in [1.29, 1.82) is 0 Å². The molecule has 0 unspecified atom stereocenters. The minimum absolute atomic E-state index is 0.0348. The van der Waals surface area contributed by atoms with Gasteiger partial charge >= 0.3 is 0 Å². The molecule has 270 valence electrons. The molecule has 0 bridgehead atoms. The maximum Gasteiger partial charge on any atom is 0.136 e. The van der Waals surface area contributed by atoms with Crippen LogP contribution in [0.15, 0.2) is 211 Å². The second-order valence-corrected chi connectivity index (χ2v) is 15.0. The van der Waals surface area contributed by atoms with Crippen LogP contribution in [0.2, 0.25) is 0 Å². The van der Waals surface area contributed by atoms with Crippen LogP contribution in [0, 0.1) is 0 Å². The molecule has 0 saturated heterocycles. The van der Waals surface area contributed by atoms with Crippen molar-refractivity contribution in [1.82, 2.24) is 0 Å². The quantitative estimate of drug-likeness (QED) is 0.160. The van der Waals surface area contributed by atoms with Gasteiger partial charge in [0, 0.05) is 10.8 Å². The summed E-state index contributed by atoms with van der Waals surface area (Å²) in [5.41, 5.74) is 9.27. The molecule has 58 heavy (non-hydrogen) atoms. The summed E-state index contributed by atoms with van der Waals surface area (Å²) < 4.78 is 67.7. The molecule has 0 aliphatic carbocycles. The monoisotopic (exact) mass is 743 g/mol. The number of hydrogen-bond acceptors (Lipinski definition) is 1. The standard InChI is InChI=1S/C57H36O/c1-2-15-38-31-41(28-27-36(38)13-1)46-25-12-26-55-57(46)53-34-42(29-30-54(53)58-55)51-35-43(32-39-16-4-6-20-45(39)51)56-49-23-9-7-21-47(49)52(48-22-8-10-24-50(48)56)33-40-18-11-17-37-14-3-5-19-44(37)40/h1-32,34-35H,33H2/i3D,5D,11D,14D,17D,18D,19D. The van der Waals surface area contributed by atoms with Gasteiger partial charge in [-0.05, 0) is 141 Å². The van der Waals surface area contributed by atoms with Gasteiger partial charge < -0.3 is 4.42 Å². The zero-order valence-electron chi connectivity index (χ0n) is 38.2. The van der Waals surface area contributed by atoms with E-state index in [4.69, 9.17) is 14.0 Å². The van der Waals surface area contributed by atoms with Gasteiger partial charge in [0.25, 0.3) is 0 Å². The largest absolute Gasteiger partial charge is 0.456 e. The van der Waals surface area contributed by atoms with Crippen LogP contribution in [0.4, 0.5) is 0 Å². The summed E-state index contributed by atoms with van der Waals surface area (Å²) in [6.45, 7) is 0. The van der Waals surface area contributed by atoms with Gasteiger partial charge in [-0.2, -0.15) is 0 Å². The molecule has 0 aliphatic rings. The van der Waals surface area contributed by atoms with E-state index in [1.165, 1.54) is 10.8 Å². The van der Waals surface area contributed by atoms with E-state index in [1.54, 1.807) is 0 Å². The predicted octanol–water partition coefficient (Wildman–Crippen LogP) is 15.9. The lowest BCUT2D eigenvalue weighted by Gasteiger charge is -2.19. The fourth-order valence-corrected chi connectivity index (χ4v) is 9.18. The van der Waals surface area contributed by atoms with Crippen molar-refractivity contribution in [2.45, 2.75) is 6.42 Å². The highest BCUT2D eigenvalue weighted by molar-refractivity contribution is 6.18. The first-order chi connectivity index (χ1) is 31.7. The first kappa shape index (κ1) is 26.4. The number of furan rings is 1. The minimum atomic E-state index is -0.460. The number of rotatable bonds is 5. The summed E-state index contributed by atoms with van der Waals surface area (Å²) in [5, 5.41) is 10.6. The van der Waals surface area contributed by atoms with Crippen LogP contribution in [0.25, 0.3) is 109 Å². The highest BCUT2D eigenvalue weighted by Gasteiger charge is 2.19. The molecule has 0 amide bonds. The molecule has 12 aromatic rings. The molecule has 1 aromatic heterocycles. The third-order valence-electron chi connectivity index (χ3n) is 11.8. The van der Waals surface area contributed by atoms with Crippen LogP contribution in [0.5, 0.6) is 0 Å². The van der Waals surface area contributed by atoms with Crippen molar-refractivity contribution < 1.29 is 14.0 Å². The first-order valence-corrected chi connectivity index (χ1v) is 19.5. The lowest BCUT2D eigenvalue weighted by molar-refractivity contribution is 0.669. The Kier molecular flexibility index (Phi) is 5.94. The molecule has 0 fully saturated rings. The van der Waals surface area contributed by atoms with Gasteiger partial charge in [-0.1, -0.05) is 170 Å². The summed E-state index contributed by atoms with van der Waals surface area (Å²) in [6.07, 6.45) is 0.119. The first-order valence-electron chi connectivity index (χ1n) is 23.0. The molecular formula is C57H36O. The van der Waals surface area contributed by atoms with Gasteiger partial charge in [-0.3, -0.25) is 0 Å². The summed E-state index contributed by atoms with van der Waals surface area (Å²) in [5.74, 6) is 0. The van der Waals surface area contributed by atoms with Crippen LogP contribution in [0.1, 0.15) is 20.7 Å². The molecule has 0 aliphatic heterocycles. The van der Waals surface area contributed by atoms with E-state index in [-0.39, 0.29) is 47.4 Å². The van der Waals surface area contributed by atoms with E-state index < -0.39 is 12.1 Å². The van der Waals surface area contributed by atoms with Crippen molar-refractivity contribution in [3.05, 3.63) is 217 Å². The molecule has 1 heterocycles. The molecule has 0 atom stereocenters. The lowest BCUT2D eigenvalue weighted by atomic mass is 9.84. The van der Waals surface area contributed by atoms with Gasteiger partial charge in [-0.25, -0.2) is 0 Å². The van der Waals surface area contributed by atoms with Gasteiger partial charge in [0.15, 0.2) is 0 Å². The van der Waals surface area contributed by atoms with Crippen LogP contribution in [-0.2, 0) is 6.42 Å². The number of benzene rings is 11. The highest BCUT2D eigenvalue weighted by atomic mass is 16.3. The molecule has 12 rings (SSSR count). The van der Waals surface area contributed by atoms with Crippen molar-refractivity contribution in [2.75, 3.05) is 0 Å². The van der Waals surface area contributed by atoms with Gasteiger partial charge in [-0.15, -0.1) is 0 Å². The van der Waals surface area contributed by atoms with E-state index in [2.05, 4.69) is 133 Å². The third-order valence-corrected chi connectivity index (χ3v) is 11.8. The third kappa shape index (κ3) is 5.17. The predicted molar refractivity (Wildman–Crippen MR) is 247 cm³/mol. The fourth-order valence-electron chi connectivity index (χ4n) is 9.18. The molecule has 0 radical (unpaired) electrons.